The third-order valence-corrected chi connectivity index (χ3v) is 3.73. The lowest BCUT2D eigenvalue weighted by molar-refractivity contribution is 0.448. The number of hydrogen-bond acceptors (Lipinski definition) is 4. The van der Waals surface area contributed by atoms with Gasteiger partial charge in [0, 0.05) is 11.4 Å². The molecular weight excluding hydrogens is 259 g/mol. The third kappa shape index (κ3) is 2.85. The van der Waals surface area contributed by atoms with Gasteiger partial charge in [0.2, 0.25) is 10.0 Å². The lowest BCUT2D eigenvalue weighted by atomic mass is 10.2. The Hall–Kier alpha value is -1.47. The largest absolute Gasteiger partial charge is 0.356 e. The highest BCUT2D eigenvalue weighted by molar-refractivity contribution is 7.88. The van der Waals surface area contributed by atoms with Crippen LogP contribution in [-0.4, -0.2) is 19.6 Å². The van der Waals surface area contributed by atoms with Crippen molar-refractivity contribution in [1.29, 1.82) is 0 Å². The van der Waals surface area contributed by atoms with Crippen LogP contribution in [0, 0.1) is 5.82 Å². The normalized spacial score (nSPS) is 12.4. The van der Waals surface area contributed by atoms with Crippen molar-refractivity contribution in [2.75, 3.05) is 0 Å². The molecule has 2 aromatic rings. The van der Waals surface area contributed by atoms with Crippen molar-refractivity contribution >= 4 is 21.0 Å². The molecule has 18 heavy (non-hydrogen) atoms. The van der Waals surface area contributed by atoms with Crippen LogP contribution in [0.25, 0.3) is 11.0 Å². The number of benzene rings is 1. The van der Waals surface area contributed by atoms with Crippen molar-refractivity contribution in [2.24, 2.45) is 0 Å². The summed E-state index contributed by atoms with van der Waals surface area (Å²) in [5.41, 5.74) is 0.573. The van der Waals surface area contributed by atoms with E-state index in [4.69, 9.17) is 4.52 Å². The summed E-state index contributed by atoms with van der Waals surface area (Å²) in [6.07, 6.45) is 0. The first kappa shape index (κ1) is 13.0. The molecule has 2 rings (SSSR count). The van der Waals surface area contributed by atoms with Crippen LogP contribution >= 0.6 is 0 Å². The second-order valence-electron chi connectivity index (χ2n) is 4.30. The molecule has 0 saturated heterocycles. The number of nitrogens with zero attached hydrogens (tertiary/aromatic N) is 1. The molecule has 1 aromatic heterocycles. The van der Waals surface area contributed by atoms with Gasteiger partial charge in [-0.15, -0.1) is 0 Å². The Bertz CT molecular complexity index is 664. The van der Waals surface area contributed by atoms with Gasteiger partial charge in [0.15, 0.2) is 5.58 Å². The van der Waals surface area contributed by atoms with Gasteiger partial charge in [-0.2, -0.15) is 0 Å². The minimum Gasteiger partial charge on any atom is -0.356 e. The summed E-state index contributed by atoms with van der Waals surface area (Å²) < 4.78 is 44.0. The Kier molecular flexibility index (Phi) is 3.36. The van der Waals surface area contributed by atoms with Crippen molar-refractivity contribution in [2.45, 2.75) is 25.6 Å². The zero-order chi connectivity index (χ0) is 13.3. The number of nitrogens with one attached hydrogen (secondary N) is 1. The number of fused-ring (bicyclic) bond motifs is 1. The van der Waals surface area contributed by atoms with Gasteiger partial charge in [-0.05, 0) is 32.0 Å². The molecule has 0 atom stereocenters. The van der Waals surface area contributed by atoms with E-state index in [2.05, 4.69) is 9.88 Å². The molecule has 0 radical (unpaired) electrons. The molecule has 0 spiro atoms. The standard InChI is InChI=1S/C11H13FN2O3S/c1-7(2)14-18(15,16)6-10-9-5-8(12)3-4-11(9)17-13-10/h3-5,7,14H,6H2,1-2H3. The van der Waals surface area contributed by atoms with Gasteiger partial charge < -0.3 is 4.52 Å². The summed E-state index contributed by atoms with van der Waals surface area (Å²) in [5.74, 6) is -0.789. The molecule has 0 aliphatic heterocycles. The van der Waals surface area contributed by atoms with Gasteiger partial charge in [-0.3, -0.25) is 0 Å². The molecule has 5 nitrogen and oxygen atoms in total. The fourth-order valence-corrected chi connectivity index (χ4v) is 3.02. The Labute approximate surface area is 104 Å². The maximum absolute atomic E-state index is 13.1. The molecule has 1 aromatic carbocycles. The predicted octanol–water partition coefficient (Wildman–Crippen LogP) is 1.79. The average Bonchev–Trinajstić information content (AvgIpc) is 2.58. The molecule has 0 aliphatic carbocycles. The van der Waals surface area contributed by atoms with Crippen molar-refractivity contribution in [3.63, 3.8) is 0 Å². The summed E-state index contributed by atoms with van der Waals surface area (Å²) in [5, 5.41) is 4.05. The molecule has 0 aliphatic rings. The molecule has 0 bridgehead atoms. The van der Waals surface area contributed by atoms with Crippen LogP contribution in [0.3, 0.4) is 0 Å². The van der Waals surface area contributed by atoms with Gasteiger partial charge in [-0.1, -0.05) is 5.16 Å². The van der Waals surface area contributed by atoms with Crippen LogP contribution in [0.5, 0.6) is 0 Å². The molecule has 7 heteroatoms. The van der Waals surface area contributed by atoms with Crippen LogP contribution in [-0.2, 0) is 15.8 Å². The number of rotatable bonds is 4. The first-order valence-electron chi connectivity index (χ1n) is 5.41. The number of halogens is 1. The van der Waals surface area contributed by atoms with E-state index in [0.717, 1.165) is 0 Å². The third-order valence-electron chi connectivity index (χ3n) is 2.25. The van der Waals surface area contributed by atoms with E-state index < -0.39 is 15.8 Å². The van der Waals surface area contributed by atoms with Crippen LogP contribution < -0.4 is 4.72 Å². The molecule has 0 amide bonds. The zero-order valence-corrected chi connectivity index (χ0v) is 10.8. The van der Waals surface area contributed by atoms with Gasteiger partial charge in [0.05, 0.1) is 0 Å². The average molecular weight is 272 g/mol. The highest BCUT2D eigenvalue weighted by atomic mass is 32.2. The van der Waals surface area contributed by atoms with Gasteiger partial charge >= 0.3 is 0 Å². The topological polar surface area (TPSA) is 72.2 Å². The molecule has 1 heterocycles. The predicted molar refractivity (Wildman–Crippen MR) is 64.9 cm³/mol. The van der Waals surface area contributed by atoms with Crippen LogP contribution in [0.1, 0.15) is 19.5 Å². The van der Waals surface area contributed by atoms with Crippen molar-refractivity contribution in [3.05, 3.63) is 29.7 Å². The van der Waals surface area contributed by atoms with Crippen LogP contribution in [0.2, 0.25) is 0 Å². The summed E-state index contributed by atoms with van der Waals surface area (Å²) in [7, 11) is -3.50. The number of aromatic nitrogens is 1. The summed E-state index contributed by atoms with van der Waals surface area (Å²) in [4.78, 5) is 0. The van der Waals surface area contributed by atoms with Gasteiger partial charge in [-0.25, -0.2) is 17.5 Å². The van der Waals surface area contributed by atoms with Gasteiger partial charge in [0.25, 0.3) is 0 Å². The SMILES string of the molecule is CC(C)NS(=O)(=O)Cc1noc2ccc(F)cc12. The van der Waals surface area contributed by atoms with Crippen LogP contribution in [0.15, 0.2) is 22.7 Å². The second kappa shape index (κ2) is 4.66. The fraction of sp³-hybridized carbons (Fsp3) is 0.364. The van der Waals surface area contributed by atoms with E-state index in [-0.39, 0.29) is 17.5 Å². The highest BCUT2D eigenvalue weighted by Gasteiger charge is 2.18. The monoisotopic (exact) mass is 272 g/mol. The van der Waals surface area contributed by atoms with E-state index in [0.29, 0.717) is 11.0 Å². The van der Waals surface area contributed by atoms with E-state index in [1.807, 2.05) is 0 Å². The fourth-order valence-electron chi connectivity index (χ4n) is 1.65. The van der Waals surface area contributed by atoms with Crippen molar-refractivity contribution in [1.82, 2.24) is 9.88 Å². The maximum Gasteiger partial charge on any atom is 0.217 e. The zero-order valence-electron chi connectivity index (χ0n) is 9.97. The number of sulfonamides is 1. The first-order chi connectivity index (χ1) is 8.37. The first-order valence-corrected chi connectivity index (χ1v) is 7.06. The molecule has 0 saturated carbocycles. The summed E-state index contributed by atoms with van der Waals surface area (Å²) in [6.45, 7) is 3.44. The van der Waals surface area contributed by atoms with E-state index in [9.17, 15) is 12.8 Å². The minimum atomic E-state index is -3.50. The molecule has 1 N–H and O–H groups in total. The number of hydrogen-bond donors (Lipinski definition) is 1. The lowest BCUT2D eigenvalue weighted by Crippen LogP contribution is -2.31. The van der Waals surface area contributed by atoms with Crippen molar-refractivity contribution < 1.29 is 17.3 Å². The second-order valence-corrected chi connectivity index (χ2v) is 6.06. The minimum absolute atomic E-state index is 0.204. The highest BCUT2D eigenvalue weighted by Crippen LogP contribution is 2.21. The van der Waals surface area contributed by atoms with Gasteiger partial charge in [0.1, 0.15) is 17.3 Å². The van der Waals surface area contributed by atoms with Crippen LogP contribution in [0.4, 0.5) is 4.39 Å². The smallest absolute Gasteiger partial charge is 0.217 e. The summed E-state index contributed by atoms with van der Waals surface area (Å²) in [6, 6.07) is 3.67. The quantitative estimate of drug-likeness (QED) is 0.921. The van der Waals surface area contributed by atoms with E-state index >= 15 is 0 Å². The Balaban J connectivity index is 2.35. The van der Waals surface area contributed by atoms with E-state index in [1.54, 1.807) is 13.8 Å². The lowest BCUT2D eigenvalue weighted by Gasteiger charge is -2.07. The van der Waals surface area contributed by atoms with Crippen molar-refractivity contribution in [3.8, 4) is 0 Å². The molecule has 0 fully saturated rings. The Morgan fingerprint density at radius 3 is 2.83 bits per heavy atom. The molecule has 98 valence electrons. The van der Waals surface area contributed by atoms with E-state index in [1.165, 1.54) is 18.2 Å². The molecular formula is C11H13FN2O3S. The summed E-state index contributed by atoms with van der Waals surface area (Å²) >= 11 is 0. The Morgan fingerprint density at radius 1 is 1.44 bits per heavy atom. The molecule has 0 unspecified atom stereocenters. The Morgan fingerprint density at radius 2 is 2.17 bits per heavy atom. The maximum atomic E-state index is 13.1.